The van der Waals surface area contributed by atoms with Crippen molar-refractivity contribution in [2.75, 3.05) is 0 Å². The molecule has 0 unspecified atom stereocenters. The van der Waals surface area contributed by atoms with Gasteiger partial charge in [0.25, 0.3) is 0 Å². The lowest BCUT2D eigenvalue weighted by Crippen LogP contribution is -1.94. The lowest BCUT2D eigenvalue weighted by Gasteiger charge is -2.12. The quantitative estimate of drug-likeness (QED) is 0.836. The Morgan fingerprint density at radius 3 is 2.35 bits per heavy atom. The molecule has 0 amide bonds. The molecule has 0 atom stereocenters. The fraction of sp³-hybridized carbons (Fsp3) is 0.188. The van der Waals surface area contributed by atoms with E-state index in [9.17, 15) is 15.0 Å². The zero-order valence-corrected chi connectivity index (χ0v) is 11.6. The van der Waals surface area contributed by atoms with Gasteiger partial charge < -0.3 is 14.9 Å². The molecule has 4 heteroatoms. The highest BCUT2D eigenvalue weighted by atomic mass is 16.5. The predicted octanol–water partition coefficient (Wildman–Crippen LogP) is 3.71. The summed E-state index contributed by atoms with van der Waals surface area (Å²) in [6.07, 6.45) is 0. The van der Waals surface area contributed by atoms with Crippen molar-refractivity contribution in [3.63, 3.8) is 0 Å². The molecule has 0 fully saturated rings. The van der Waals surface area contributed by atoms with Crippen molar-refractivity contribution in [2.45, 2.75) is 20.8 Å². The second-order valence-corrected chi connectivity index (χ2v) is 4.74. The van der Waals surface area contributed by atoms with E-state index in [0.29, 0.717) is 17.1 Å². The third-order valence-electron chi connectivity index (χ3n) is 3.05. The minimum atomic E-state index is -0.210. The topological polar surface area (TPSA) is 66.8 Å². The number of ether oxygens (including phenoxy) is 1. The van der Waals surface area contributed by atoms with Gasteiger partial charge in [-0.15, -0.1) is 0 Å². The molecule has 0 aliphatic heterocycles. The van der Waals surface area contributed by atoms with Crippen LogP contribution < -0.4 is 4.74 Å². The van der Waals surface area contributed by atoms with Gasteiger partial charge in [0.05, 0.1) is 5.56 Å². The maximum absolute atomic E-state index is 11.2. The van der Waals surface area contributed by atoms with Gasteiger partial charge in [-0.1, -0.05) is 0 Å². The van der Waals surface area contributed by atoms with E-state index in [1.807, 2.05) is 6.92 Å². The van der Waals surface area contributed by atoms with Gasteiger partial charge in [-0.25, -0.2) is 0 Å². The SMILES string of the molecule is CC(=O)c1ccc(Oc2cc(C)cc(O)c2C)cc1O. The highest BCUT2D eigenvalue weighted by molar-refractivity contribution is 5.96. The van der Waals surface area contributed by atoms with Gasteiger partial charge in [-0.3, -0.25) is 4.79 Å². The highest BCUT2D eigenvalue weighted by Gasteiger charge is 2.10. The average molecular weight is 272 g/mol. The van der Waals surface area contributed by atoms with E-state index in [4.69, 9.17) is 4.74 Å². The Hall–Kier alpha value is -2.49. The molecule has 2 aromatic rings. The van der Waals surface area contributed by atoms with E-state index >= 15 is 0 Å². The largest absolute Gasteiger partial charge is 0.508 e. The van der Waals surface area contributed by atoms with Gasteiger partial charge in [-0.2, -0.15) is 0 Å². The standard InChI is InChI=1S/C16H16O4/c1-9-6-14(18)10(2)16(7-9)20-12-4-5-13(11(3)17)15(19)8-12/h4-8,18-19H,1-3H3. The summed E-state index contributed by atoms with van der Waals surface area (Å²) in [6, 6.07) is 7.95. The minimum absolute atomic E-state index is 0.121. The van der Waals surface area contributed by atoms with E-state index in [2.05, 4.69) is 0 Å². The van der Waals surface area contributed by atoms with Crippen LogP contribution >= 0.6 is 0 Å². The number of benzene rings is 2. The number of phenols is 2. The van der Waals surface area contributed by atoms with E-state index in [1.165, 1.54) is 19.1 Å². The zero-order valence-electron chi connectivity index (χ0n) is 11.6. The molecule has 0 bridgehead atoms. The Labute approximate surface area is 117 Å². The third kappa shape index (κ3) is 2.74. The van der Waals surface area contributed by atoms with Crippen LogP contribution in [0.25, 0.3) is 0 Å². The van der Waals surface area contributed by atoms with Crippen LogP contribution in [0.2, 0.25) is 0 Å². The number of ketones is 1. The molecule has 2 N–H and O–H groups in total. The third-order valence-corrected chi connectivity index (χ3v) is 3.05. The van der Waals surface area contributed by atoms with Crippen molar-refractivity contribution in [1.29, 1.82) is 0 Å². The molecule has 0 aliphatic carbocycles. The molecule has 0 aromatic heterocycles. The van der Waals surface area contributed by atoms with Crippen LogP contribution in [-0.2, 0) is 0 Å². The molecule has 4 nitrogen and oxygen atoms in total. The first-order valence-electron chi connectivity index (χ1n) is 6.20. The molecule has 0 heterocycles. The Kier molecular flexibility index (Phi) is 3.66. The fourth-order valence-corrected chi connectivity index (χ4v) is 1.91. The van der Waals surface area contributed by atoms with Crippen molar-refractivity contribution in [3.05, 3.63) is 47.0 Å². The van der Waals surface area contributed by atoms with Gasteiger partial charge >= 0.3 is 0 Å². The number of rotatable bonds is 3. The van der Waals surface area contributed by atoms with Gasteiger partial charge in [0.15, 0.2) is 5.78 Å². The number of Topliss-reactive ketones (excluding diaryl/α,β-unsaturated/α-hetero) is 1. The Morgan fingerprint density at radius 2 is 1.75 bits per heavy atom. The number of carbonyl (C=O) groups excluding carboxylic acids is 1. The Morgan fingerprint density at radius 1 is 1.05 bits per heavy atom. The van der Waals surface area contributed by atoms with Crippen molar-refractivity contribution in [2.24, 2.45) is 0 Å². The van der Waals surface area contributed by atoms with Crippen LogP contribution in [0.1, 0.15) is 28.4 Å². The molecule has 0 aliphatic rings. The van der Waals surface area contributed by atoms with Crippen LogP contribution in [0.15, 0.2) is 30.3 Å². The Balaban J connectivity index is 2.36. The highest BCUT2D eigenvalue weighted by Crippen LogP contribution is 2.33. The number of aryl methyl sites for hydroxylation is 1. The monoisotopic (exact) mass is 272 g/mol. The summed E-state index contributed by atoms with van der Waals surface area (Å²) in [5.74, 6) is 0.741. The van der Waals surface area contributed by atoms with E-state index in [0.717, 1.165) is 5.56 Å². The lowest BCUT2D eigenvalue weighted by atomic mass is 10.1. The summed E-state index contributed by atoms with van der Waals surface area (Å²) < 4.78 is 5.66. The Bertz CT molecular complexity index is 674. The summed E-state index contributed by atoms with van der Waals surface area (Å²) in [7, 11) is 0. The number of hydrogen-bond acceptors (Lipinski definition) is 4. The summed E-state index contributed by atoms with van der Waals surface area (Å²) in [5.41, 5.74) is 1.74. The second kappa shape index (κ2) is 5.25. The summed E-state index contributed by atoms with van der Waals surface area (Å²) >= 11 is 0. The van der Waals surface area contributed by atoms with Gasteiger partial charge in [-0.05, 0) is 50.6 Å². The molecule has 104 valence electrons. The van der Waals surface area contributed by atoms with Crippen molar-refractivity contribution < 1.29 is 19.7 Å². The number of hydrogen-bond donors (Lipinski definition) is 2. The normalized spacial score (nSPS) is 10.3. The number of aromatic hydroxyl groups is 2. The summed E-state index contributed by atoms with van der Waals surface area (Å²) in [5, 5.41) is 19.5. The molecule has 0 spiro atoms. The van der Waals surface area contributed by atoms with E-state index in [-0.39, 0.29) is 22.8 Å². The molecule has 0 saturated heterocycles. The van der Waals surface area contributed by atoms with Crippen molar-refractivity contribution in [3.8, 4) is 23.0 Å². The zero-order chi connectivity index (χ0) is 14.9. The summed E-state index contributed by atoms with van der Waals surface area (Å²) in [4.78, 5) is 11.2. The van der Waals surface area contributed by atoms with Crippen molar-refractivity contribution in [1.82, 2.24) is 0 Å². The van der Waals surface area contributed by atoms with Gasteiger partial charge in [0, 0.05) is 11.6 Å². The minimum Gasteiger partial charge on any atom is -0.508 e. The van der Waals surface area contributed by atoms with Crippen LogP contribution in [-0.4, -0.2) is 16.0 Å². The maximum atomic E-state index is 11.2. The summed E-state index contributed by atoms with van der Waals surface area (Å²) in [6.45, 7) is 4.98. The average Bonchev–Trinajstić information content (AvgIpc) is 2.35. The maximum Gasteiger partial charge on any atom is 0.163 e. The molecule has 0 saturated carbocycles. The van der Waals surface area contributed by atoms with Gasteiger partial charge in [0.1, 0.15) is 23.0 Å². The molecular weight excluding hydrogens is 256 g/mol. The molecule has 2 rings (SSSR count). The van der Waals surface area contributed by atoms with Gasteiger partial charge in [0.2, 0.25) is 0 Å². The van der Waals surface area contributed by atoms with E-state index < -0.39 is 0 Å². The second-order valence-electron chi connectivity index (χ2n) is 4.74. The molecular formula is C16H16O4. The first kappa shape index (κ1) is 13.9. The van der Waals surface area contributed by atoms with Crippen molar-refractivity contribution >= 4 is 5.78 Å². The fourth-order valence-electron chi connectivity index (χ4n) is 1.91. The predicted molar refractivity (Wildman–Crippen MR) is 75.8 cm³/mol. The smallest absolute Gasteiger partial charge is 0.163 e. The lowest BCUT2D eigenvalue weighted by molar-refractivity contribution is 0.101. The first-order valence-corrected chi connectivity index (χ1v) is 6.20. The van der Waals surface area contributed by atoms with Crippen LogP contribution in [0.5, 0.6) is 23.0 Å². The first-order chi connectivity index (χ1) is 9.38. The number of carbonyl (C=O) groups is 1. The van der Waals surface area contributed by atoms with Crippen LogP contribution in [0.4, 0.5) is 0 Å². The van der Waals surface area contributed by atoms with E-state index in [1.54, 1.807) is 25.1 Å². The molecule has 20 heavy (non-hydrogen) atoms. The van der Waals surface area contributed by atoms with Crippen LogP contribution in [0.3, 0.4) is 0 Å². The molecule has 0 radical (unpaired) electrons. The molecule has 2 aromatic carbocycles. The van der Waals surface area contributed by atoms with Crippen LogP contribution in [0, 0.1) is 13.8 Å². The number of phenolic OH excluding ortho intramolecular Hbond substituents is 2.